The number of para-hydroxylation sites is 1. The summed E-state index contributed by atoms with van der Waals surface area (Å²) in [4.78, 5) is 0. The Bertz CT molecular complexity index is 1120. The van der Waals surface area contributed by atoms with Gasteiger partial charge in [-0.3, -0.25) is 0 Å². The molecular formula is C25H27F3N2O5. The topological polar surface area (TPSA) is 97.0 Å². The number of aryl methyl sites for hydroxylation is 1. The summed E-state index contributed by atoms with van der Waals surface area (Å²) in [6, 6.07) is 15.2. The van der Waals surface area contributed by atoms with Crippen molar-refractivity contribution in [3.8, 4) is 11.6 Å². The summed E-state index contributed by atoms with van der Waals surface area (Å²) in [6.45, 7) is 1.39. The molecule has 188 valence electrons. The van der Waals surface area contributed by atoms with Gasteiger partial charge >= 0.3 is 6.18 Å². The van der Waals surface area contributed by atoms with Crippen LogP contribution in [0.4, 0.5) is 13.2 Å². The van der Waals surface area contributed by atoms with Gasteiger partial charge in [0.05, 0.1) is 24.0 Å². The van der Waals surface area contributed by atoms with Crippen molar-refractivity contribution in [3.63, 3.8) is 0 Å². The average molecular weight is 492 g/mol. The standard InChI is InChI=1S/C25H27F3N2O5/c1-2-15-8-10-16(11-9-15)12-18-23(25(26,27)28)30(17-6-4-3-5-7-17)29-24(18)35-21-13-19(32)22(33)20(14-31)34-21/h3-11,19-22,31-33H,2,12-14H2,1H3/t19?,20?,21?,22-/m0/s1. The van der Waals surface area contributed by atoms with E-state index in [1.54, 1.807) is 30.3 Å². The van der Waals surface area contributed by atoms with Gasteiger partial charge in [-0.25, -0.2) is 4.68 Å². The molecule has 10 heteroatoms. The van der Waals surface area contributed by atoms with E-state index in [-0.39, 0.29) is 30.0 Å². The molecule has 0 saturated carbocycles. The molecule has 0 amide bonds. The Kier molecular flexibility index (Phi) is 7.46. The van der Waals surface area contributed by atoms with Crippen molar-refractivity contribution in [1.29, 1.82) is 0 Å². The van der Waals surface area contributed by atoms with Crippen LogP contribution in [0.15, 0.2) is 54.6 Å². The Morgan fingerprint density at radius 2 is 1.71 bits per heavy atom. The molecule has 1 aliphatic heterocycles. The summed E-state index contributed by atoms with van der Waals surface area (Å²) in [5, 5.41) is 33.7. The van der Waals surface area contributed by atoms with Crippen LogP contribution in [0.5, 0.6) is 5.88 Å². The van der Waals surface area contributed by atoms with Gasteiger partial charge in [0.15, 0.2) is 5.69 Å². The maximum atomic E-state index is 14.4. The van der Waals surface area contributed by atoms with Gasteiger partial charge in [-0.1, -0.05) is 49.4 Å². The van der Waals surface area contributed by atoms with E-state index in [0.717, 1.165) is 16.7 Å². The van der Waals surface area contributed by atoms with E-state index >= 15 is 0 Å². The second-order valence-electron chi connectivity index (χ2n) is 8.42. The Balaban J connectivity index is 1.78. The SMILES string of the molecule is CCc1ccc(Cc2c(OC3CC(O)[C@H](O)C(CO)O3)nn(-c3ccccc3)c2C(F)(F)F)cc1. The van der Waals surface area contributed by atoms with Gasteiger partial charge in [0.1, 0.15) is 12.2 Å². The number of rotatable bonds is 7. The van der Waals surface area contributed by atoms with Crippen LogP contribution < -0.4 is 4.74 Å². The highest BCUT2D eigenvalue weighted by molar-refractivity contribution is 5.44. The first-order chi connectivity index (χ1) is 16.7. The highest BCUT2D eigenvalue weighted by Crippen LogP contribution is 2.40. The van der Waals surface area contributed by atoms with Crippen LogP contribution in [-0.4, -0.2) is 56.3 Å². The van der Waals surface area contributed by atoms with Gasteiger partial charge < -0.3 is 24.8 Å². The third-order valence-electron chi connectivity index (χ3n) is 5.99. The Labute approximate surface area is 200 Å². The summed E-state index contributed by atoms with van der Waals surface area (Å²) in [7, 11) is 0. The first-order valence-corrected chi connectivity index (χ1v) is 11.3. The normalized spacial score (nSPS) is 22.8. The quantitative estimate of drug-likeness (QED) is 0.469. The molecule has 4 atom stereocenters. The molecular weight excluding hydrogens is 465 g/mol. The maximum absolute atomic E-state index is 14.4. The molecule has 2 aromatic carbocycles. The number of aliphatic hydroxyl groups is 3. The molecule has 0 bridgehead atoms. The van der Waals surface area contributed by atoms with E-state index in [9.17, 15) is 28.5 Å². The molecule has 4 rings (SSSR count). The zero-order valence-corrected chi connectivity index (χ0v) is 19.0. The Morgan fingerprint density at radius 3 is 2.31 bits per heavy atom. The predicted octanol–water partition coefficient (Wildman–Crippen LogP) is 3.25. The van der Waals surface area contributed by atoms with E-state index in [4.69, 9.17) is 9.47 Å². The van der Waals surface area contributed by atoms with Crippen LogP contribution in [0.1, 0.15) is 35.7 Å². The van der Waals surface area contributed by atoms with Crippen molar-refractivity contribution in [3.05, 3.63) is 77.0 Å². The van der Waals surface area contributed by atoms with Crippen LogP contribution in [-0.2, 0) is 23.8 Å². The van der Waals surface area contributed by atoms with E-state index in [2.05, 4.69) is 5.10 Å². The third-order valence-corrected chi connectivity index (χ3v) is 5.99. The van der Waals surface area contributed by atoms with E-state index in [0.29, 0.717) is 5.56 Å². The number of alkyl halides is 3. The predicted molar refractivity (Wildman–Crippen MR) is 120 cm³/mol. The number of hydrogen-bond donors (Lipinski definition) is 3. The summed E-state index contributed by atoms with van der Waals surface area (Å²) >= 11 is 0. The Hall–Kier alpha value is -2.92. The zero-order valence-electron chi connectivity index (χ0n) is 19.0. The fraction of sp³-hybridized carbons (Fsp3) is 0.400. The summed E-state index contributed by atoms with van der Waals surface area (Å²) in [5.41, 5.74) is 0.729. The van der Waals surface area contributed by atoms with Gasteiger partial charge in [0, 0.05) is 12.8 Å². The molecule has 3 unspecified atom stereocenters. The Morgan fingerprint density at radius 1 is 1.06 bits per heavy atom. The maximum Gasteiger partial charge on any atom is 0.433 e. The van der Waals surface area contributed by atoms with E-state index in [1.165, 1.54) is 12.1 Å². The molecule has 0 spiro atoms. The lowest BCUT2D eigenvalue weighted by atomic mass is 10.0. The van der Waals surface area contributed by atoms with Crippen molar-refractivity contribution < 1.29 is 38.0 Å². The number of hydrogen-bond acceptors (Lipinski definition) is 6. The van der Waals surface area contributed by atoms with Crippen molar-refractivity contribution >= 4 is 0 Å². The minimum absolute atomic E-state index is 0.109. The lowest BCUT2D eigenvalue weighted by molar-refractivity contribution is -0.230. The molecule has 1 saturated heterocycles. The minimum Gasteiger partial charge on any atom is -0.446 e. The second kappa shape index (κ2) is 10.4. The van der Waals surface area contributed by atoms with Crippen LogP contribution >= 0.6 is 0 Å². The monoisotopic (exact) mass is 492 g/mol. The number of benzene rings is 2. The molecule has 7 nitrogen and oxygen atoms in total. The number of halogens is 3. The smallest absolute Gasteiger partial charge is 0.433 e. The first-order valence-electron chi connectivity index (χ1n) is 11.3. The van der Waals surface area contributed by atoms with Gasteiger partial charge in [0.2, 0.25) is 12.2 Å². The fourth-order valence-electron chi connectivity index (χ4n) is 4.10. The second-order valence-corrected chi connectivity index (χ2v) is 8.42. The molecule has 0 aliphatic carbocycles. The molecule has 1 aromatic heterocycles. The van der Waals surface area contributed by atoms with Crippen LogP contribution in [0.3, 0.4) is 0 Å². The summed E-state index contributed by atoms with van der Waals surface area (Å²) < 4.78 is 55.2. The molecule has 0 radical (unpaired) electrons. The largest absolute Gasteiger partial charge is 0.446 e. The molecule has 35 heavy (non-hydrogen) atoms. The third kappa shape index (κ3) is 5.51. The highest BCUT2D eigenvalue weighted by atomic mass is 19.4. The van der Waals surface area contributed by atoms with Gasteiger partial charge in [0.25, 0.3) is 0 Å². The van der Waals surface area contributed by atoms with Crippen molar-refractivity contribution in [2.24, 2.45) is 0 Å². The molecule has 1 fully saturated rings. The lowest BCUT2D eigenvalue weighted by Crippen LogP contribution is -2.51. The summed E-state index contributed by atoms with van der Waals surface area (Å²) in [6.07, 6.45) is -9.25. The average Bonchev–Trinajstić information content (AvgIpc) is 3.20. The van der Waals surface area contributed by atoms with Gasteiger partial charge in [-0.05, 0) is 29.7 Å². The highest BCUT2D eigenvalue weighted by Gasteiger charge is 2.43. The number of nitrogens with zero attached hydrogens (tertiary/aromatic N) is 2. The number of aliphatic hydroxyl groups excluding tert-OH is 3. The summed E-state index contributed by atoms with van der Waals surface area (Å²) in [5.74, 6) is -0.300. The van der Waals surface area contributed by atoms with Crippen molar-refractivity contribution in [1.82, 2.24) is 9.78 Å². The molecule has 3 N–H and O–H groups in total. The van der Waals surface area contributed by atoms with Gasteiger partial charge in [-0.15, -0.1) is 5.10 Å². The van der Waals surface area contributed by atoms with E-state index < -0.39 is 43.1 Å². The van der Waals surface area contributed by atoms with Gasteiger partial charge in [-0.2, -0.15) is 13.2 Å². The van der Waals surface area contributed by atoms with Crippen molar-refractivity contribution in [2.75, 3.05) is 6.61 Å². The fourth-order valence-corrected chi connectivity index (χ4v) is 4.10. The minimum atomic E-state index is -4.75. The number of ether oxygens (including phenoxy) is 2. The molecule has 1 aliphatic rings. The van der Waals surface area contributed by atoms with Crippen molar-refractivity contribution in [2.45, 2.75) is 57.0 Å². The van der Waals surface area contributed by atoms with Crippen LogP contribution in [0.25, 0.3) is 5.69 Å². The van der Waals surface area contributed by atoms with Crippen LogP contribution in [0.2, 0.25) is 0 Å². The van der Waals surface area contributed by atoms with E-state index in [1.807, 2.05) is 19.1 Å². The zero-order chi connectivity index (χ0) is 25.2. The lowest BCUT2D eigenvalue weighted by Gasteiger charge is -2.35. The first kappa shape index (κ1) is 25.2. The van der Waals surface area contributed by atoms with Crippen LogP contribution in [0, 0.1) is 0 Å². The number of aromatic nitrogens is 2. The molecule has 3 aromatic rings. The molecule has 2 heterocycles.